The Hall–Kier alpha value is -3.22. The van der Waals surface area contributed by atoms with Crippen LogP contribution in [0.25, 0.3) is 22.6 Å². The summed E-state index contributed by atoms with van der Waals surface area (Å²) in [5.41, 5.74) is 3.52. The third-order valence-corrected chi connectivity index (χ3v) is 12.1. The van der Waals surface area contributed by atoms with Crippen molar-refractivity contribution in [1.29, 1.82) is 0 Å². The van der Waals surface area contributed by atoms with Gasteiger partial charge >= 0.3 is 0 Å². The van der Waals surface area contributed by atoms with E-state index < -0.39 is 0 Å². The van der Waals surface area contributed by atoms with Crippen molar-refractivity contribution in [3.8, 4) is 11.4 Å². The first-order valence-corrected chi connectivity index (χ1v) is 16.0. The van der Waals surface area contributed by atoms with Crippen molar-refractivity contribution < 1.29 is 9.59 Å². The molecule has 8 saturated carbocycles. The molecule has 2 heterocycles. The molecule has 0 radical (unpaired) electrons. The summed E-state index contributed by atoms with van der Waals surface area (Å²) >= 11 is 0. The number of H-pyrrole nitrogens is 1. The molecule has 0 aliphatic heterocycles. The molecule has 0 spiro atoms. The minimum atomic E-state index is -0.205. The van der Waals surface area contributed by atoms with Gasteiger partial charge in [-0.05, 0) is 143 Å². The Bertz CT molecular complexity index is 1480. The lowest BCUT2D eigenvalue weighted by atomic mass is 9.49. The van der Waals surface area contributed by atoms with Gasteiger partial charge < -0.3 is 15.6 Å². The molecule has 2 aromatic heterocycles. The van der Waals surface area contributed by atoms with E-state index in [2.05, 4.69) is 20.6 Å². The first kappa shape index (κ1) is 24.4. The van der Waals surface area contributed by atoms with Crippen LogP contribution in [0.3, 0.4) is 0 Å². The number of aromatic nitrogens is 3. The van der Waals surface area contributed by atoms with E-state index in [9.17, 15) is 9.59 Å². The van der Waals surface area contributed by atoms with Crippen LogP contribution in [0.5, 0.6) is 0 Å². The minimum Gasteiger partial charge on any atom is -0.335 e. The van der Waals surface area contributed by atoms with E-state index in [1.54, 1.807) is 6.20 Å². The first-order valence-electron chi connectivity index (χ1n) is 16.0. The van der Waals surface area contributed by atoms with E-state index in [0.717, 1.165) is 96.5 Å². The van der Waals surface area contributed by atoms with Gasteiger partial charge in [-0.15, -0.1) is 0 Å². The van der Waals surface area contributed by atoms with Gasteiger partial charge in [0.1, 0.15) is 11.3 Å². The summed E-state index contributed by atoms with van der Waals surface area (Å²) in [7, 11) is 0. The van der Waals surface area contributed by atoms with Gasteiger partial charge in [0.15, 0.2) is 5.65 Å². The Morgan fingerprint density at radius 1 is 0.683 bits per heavy atom. The third kappa shape index (κ3) is 3.90. The maximum Gasteiger partial charge on any atom is 0.230 e. The molecular formula is C34H39N5O2. The van der Waals surface area contributed by atoms with Gasteiger partial charge in [0, 0.05) is 17.4 Å². The average molecular weight is 550 g/mol. The number of carbonyl (C=O) groups is 2. The number of carbonyl (C=O) groups excluding carboxylic acids is 2. The zero-order valence-corrected chi connectivity index (χ0v) is 23.6. The van der Waals surface area contributed by atoms with Gasteiger partial charge in [0.2, 0.25) is 11.8 Å². The maximum atomic E-state index is 13.7. The topological polar surface area (TPSA) is 99.8 Å². The number of imidazole rings is 1. The normalized spacial score (nSPS) is 38.0. The van der Waals surface area contributed by atoms with Crippen LogP contribution < -0.4 is 10.6 Å². The highest BCUT2D eigenvalue weighted by Gasteiger charge is 2.55. The molecule has 8 bridgehead atoms. The SMILES string of the molecule is O=C(Nc1ccc(-c2nc3nccc(NC(=O)C45CC6CC(CC(C6)C4)C5)c3[nH]2)cc1)C12CC3CC(CC(C3)C1)C2. The van der Waals surface area contributed by atoms with Gasteiger partial charge in [-0.2, -0.15) is 0 Å². The lowest BCUT2D eigenvalue weighted by molar-refractivity contribution is -0.141. The van der Waals surface area contributed by atoms with Crippen LogP contribution in [0.15, 0.2) is 36.5 Å². The predicted molar refractivity (Wildman–Crippen MR) is 158 cm³/mol. The summed E-state index contributed by atoms with van der Waals surface area (Å²) in [6.07, 6.45) is 16.0. The van der Waals surface area contributed by atoms with Gasteiger partial charge in [-0.25, -0.2) is 9.97 Å². The number of hydrogen-bond acceptors (Lipinski definition) is 4. The highest BCUT2D eigenvalue weighted by molar-refractivity contribution is 6.02. The van der Waals surface area contributed by atoms with Crippen LogP contribution in [0.4, 0.5) is 11.4 Å². The van der Waals surface area contributed by atoms with Crippen molar-refractivity contribution in [3.05, 3.63) is 36.5 Å². The number of fused-ring (bicyclic) bond motifs is 1. The van der Waals surface area contributed by atoms with E-state index >= 15 is 0 Å². The molecule has 2 amide bonds. The molecule has 0 saturated heterocycles. The second-order valence-corrected chi connectivity index (χ2v) is 15.0. The fraction of sp³-hybridized carbons (Fsp3) is 0.588. The lowest BCUT2D eigenvalue weighted by Crippen LogP contribution is -2.51. The second-order valence-electron chi connectivity index (χ2n) is 15.0. The van der Waals surface area contributed by atoms with Crippen LogP contribution in [0.2, 0.25) is 0 Å². The summed E-state index contributed by atoms with van der Waals surface area (Å²) in [5, 5.41) is 6.55. The molecule has 8 aliphatic carbocycles. The minimum absolute atomic E-state index is 0.158. The smallest absolute Gasteiger partial charge is 0.230 e. The van der Waals surface area contributed by atoms with Crippen molar-refractivity contribution in [2.45, 2.75) is 77.0 Å². The molecular weight excluding hydrogens is 510 g/mol. The van der Waals surface area contributed by atoms with Crippen molar-refractivity contribution >= 4 is 34.4 Å². The summed E-state index contributed by atoms with van der Waals surface area (Å²) in [5.74, 6) is 5.53. The van der Waals surface area contributed by atoms with Crippen LogP contribution >= 0.6 is 0 Å². The van der Waals surface area contributed by atoms with Gasteiger partial charge in [0.25, 0.3) is 0 Å². The van der Waals surface area contributed by atoms with Gasteiger partial charge in [0.05, 0.1) is 16.5 Å². The fourth-order valence-electron chi connectivity index (χ4n) is 11.2. The zero-order valence-electron chi connectivity index (χ0n) is 23.6. The molecule has 7 nitrogen and oxygen atoms in total. The largest absolute Gasteiger partial charge is 0.335 e. The highest BCUT2D eigenvalue weighted by Crippen LogP contribution is 2.61. The first-order chi connectivity index (χ1) is 19.9. The Morgan fingerprint density at radius 3 is 1.68 bits per heavy atom. The van der Waals surface area contributed by atoms with Crippen molar-refractivity contribution in [1.82, 2.24) is 15.0 Å². The monoisotopic (exact) mass is 549 g/mol. The molecule has 0 unspecified atom stereocenters. The molecule has 212 valence electrons. The predicted octanol–water partition coefficient (Wildman–Crippen LogP) is 6.93. The number of amides is 2. The highest BCUT2D eigenvalue weighted by atomic mass is 16.2. The number of benzene rings is 1. The molecule has 11 rings (SSSR count). The third-order valence-electron chi connectivity index (χ3n) is 12.1. The number of rotatable bonds is 5. The Morgan fingerprint density at radius 2 is 1.17 bits per heavy atom. The summed E-state index contributed by atoms with van der Waals surface area (Å²) in [6, 6.07) is 9.83. The van der Waals surface area contributed by atoms with Crippen LogP contribution in [-0.2, 0) is 9.59 Å². The lowest BCUT2D eigenvalue weighted by Gasteiger charge is -2.55. The number of hydrogen-bond donors (Lipinski definition) is 3. The van der Waals surface area contributed by atoms with Crippen molar-refractivity contribution in [2.24, 2.45) is 46.3 Å². The van der Waals surface area contributed by atoms with Crippen LogP contribution in [-0.4, -0.2) is 26.8 Å². The molecule has 1 aromatic carbocycles. The van der Waals surface area contributed by atoms with Crippen LogP contribution in [0, 0.1) is 46.3 Å². The molecule has 8 fully saturated rings. The Labute approximate surface area is 240 Å². The van der Waals surface area contributed by atoms with E-state index in [-0.39, 0.29) is 22.6 Å². The van der Waals surface area contributed by atoms with Crippen molar-refractivity contribution in [3.63, 3.8) is 0 Å². The molecule has 41 heavy (non-hydrogen) atoms. The number of aromatic amines is 1. The Balaban J connectivity index is 0.928. The van der Waals surface area contributed by atoms with E-state index in [4.69, 9.17) is 4.98 Å². The molecule has 3 aromatic rings. The molecule has 3 N–H and O–H groups in total. The zero-order chi connectivity index (χ0) is 27.3. The quantitative estimate of drug-likeness (QED) is 0.321. The van der Waals surface area contributed by atoms with Gasteiger partial charge in [-0.1, -0.05) is 0 Å². The number of nitrogens with zero attached hydrogens (tertiary/aromatic N) is 2. The van der Waals surface area contributed by atoms with E-state index in [1.165, 1.54) is 38.5 Å². The van der Waals surface area contributed by atoms with E-state index in [0.29, 0.717) is 11.5 Å². The second kappa shape index (κ2) is 8.65. The standard InChI is InChI=1S/C34H39N5O2/c40-31(33-13-19-7-20(14-33)9-21(8-19)15-33)36-26-3-1-25(2-4-26)29-38-28-27(5-6-35-30(28)39-29)37-32(41)34-16-22-10-23(17-34)12-24(11-22)18-34/h1-6,19-24H,7-18H2,(H,36,40)(H2,35,37,38,39,41). The maximum absolute atomic E-state index is 13.7. The molecule has 7 heteroatoms. The van der Waals surface area contributed by atoms with Crippen LogP contribution in [0.1, 0.15) is 77.0 Å². The summed E-state index contributed by atoms with van der Waals surface area (Å²) in [6.45, 7) is 0. The van der Waals surface area contributed by atoms with E-state index in [1.807, 2.05) is 30.3 Å². The average Bonchev–Trinajstić information content (AvgIpc) is 3.37. The number of anilines is 2. The summed E-state index contributed by atoms with van der Waals surface area (Å²) < 4.78 is 0. The van der Waals surface area contributed by atoms with Crippen molar-refractivity contribution in [2.75, 3.05) is 10.6 Å². The molecule has 8 aliphatic rings. The fourth-order valence-corrected chi connectivity index (χ4v) is 11.2. The Kier molecular flexibility index (Phi) is 5.14. The van der Waals surface area contributed by atoms with Gasteiger partial charge in [-0.3, -0.25) is 9.59 Å². The molecule has 0 atom stereocenters. The number of nitrogens with one attached hydrogen (secondary N) is 3. The summed E-state index contributed by atoms with van der Waals surface area (Å²) in [4.78, 5) is 39.9. The number of pyridine rings is 1.